The van der Waals surface area contributed by atoms with Gasteiger partial charge in [0.2, 0.25) is 5.91 Å². The molecule has 0 saturated heterocycles. The number of rotatable bonds is 4. The van der Waals surface area contributed by atoms with E-state index >= 15 is 0 Å². The summed E-state index contributed by atoms with van der Waals surface area (Å²) < 4.78 is 13.8. The largest absolute Gasteiger partial charge is 0.304 e. The van der Waals surface area contributed by atoms with Crippen molar-refractivity contribution in [2.24, 2.45) is 0 Å². The van der Waals surface area contributed by atoms with E-state index in [1.165, 1.54) is 11.0 Å². The summed E-state index contributed by atoms with van der Waals surface area (Å²) in [5.74, 6) is -0.936. The maximum atomic E-state index is 13.8. The van der Waals surface area contributed by atoms with Gasteiger partial charge < -0.3 is 4.90 Å². The molecule has 2 aromatic rings. The highest BCUT2D eigenvalue weighted by Gasteiger charge is 2.18. The molecular weight excluding hydrogens is 265 g/mol. The van der Waals surface area contributed by atoms with Crippen LogP contribution in [-0.2, 0) is 11.3 Å². The number of carbonyl (C=O) groups excluding carboxylic acids is 1. The van der Waals surface area contributed by atoms with Gasteiger partial charge in [-0.2, -0.15) is 0 Å². The zero-order chi connectivity index (χ0) is 13.7. The van der Waals surface area contributed by atoms with E-state index in [-0.39, 0.29) is 17.5 Å². The van der Waals surface area contributed by atoms with Gasteiger partial charge in [-0.1, -0.05) is 42.5 Å². The van der Waals surface area contributed by atoms with Gasteiger partial charge in [0.15, 0.2) is 0 Å². The summed E-state index contributed by atoms with van der Waals surface area (Å²) in [6.07, 6.45) is 0. The summed E-state index contributed by atoms with van der Waals surface area (Å²) in [6, 6.07) is 15.6. The Bertz CT molecular complexity index is 559. The number of nitrogens with zero attached hydrogens (tertiary/aromatic N) is 1. The molecule has 2 rings (SSSR count). The van der Waals surface area contributed by atoms with Gasteiger partial charge in [0.25, 0.3) is 0 Å². The quantitative estimate of drug-likeness (QED) is 0.782. The second-order valence-corrected chi connectivity index (χ2v) is 4.32. The van der Waals surface area contributed by atoms with E-state index in [0.717, 1.165) is 5.56 Å². The van der Waals surface area contributed by atoms with Crippen molar-refractivity contribution >= 4 is 23.2 Å². The Morgan fingerprint density at radius 3 is 2.32 bits per heavy atom. The Morgan fingerprint density at radius 2 is 1.68 bits per heavy atom. The molecule has 0 saturated carbocycles. The van der Waals surface area contributed by atoms with Gasteiger partial charge in [-0.05, 0) is 17.7 Å². The third kappa shape index (κ3) is 3.32. The van der Waals surface area contributed by atoms with E-state index in [2.05, 4.69) is 0 Å². The van der Waals surface area contributed by atoms with Gasteiger partial charge in [0.05, 0.1) is 12.2 Å². The molecule has 0 aliphatic rings. The molecule has 0 unspecified atom stereocenters. The molecule has 0 N–H and O–H groups in total. The maximum Gasteiger partial charge on any atom is 0.242 e. The average molecular weight is 278 g/mol. The minimum atomic E-state index is -0.433. The fourth-order valence-electron chi connectivity index (χ4n) is 1.82. The van der Waals surface area contributed by atoms with Crippen molar-refractivity contribution in [1.82, 2.24) is 0 Å². The first-order valence-electron chi connectivity index (χ1n) is 5.87. The van der Waals surface area contributed by atoms with Crippen molar-refractivity contribution in [3.63, 3.8) is 0 Å². The first kappa shape index (κ1) is 13.6. The number of alkyl halides is 1. The Morgan fingerprint density at radius 1 is 1.05 bits per heavy atom. The summed E-state index contributed by atoms with van der Waals surface area (Å²) in [4.78, 5) is 13.3. The van der Waals surface area contributed by atoms with E-state index in [1.807, 2.05) is 30.3 Å². The average Bonchev–Trinajstić information content (AvgIpc) is 2.46. The molecular formula is C15H13ClFNO. The minimum absolute atomic E-state index is 0.179. The van der Waals surface area contributed by atoms with Crippen LogP contribution < -0.4 is 4.90 Å². The first-order chi connectivity index (χ1) is 9.22. The van der Waals surface area contributed by atoms with Crippen LogP contribution in [0.15, 0.2) is 54.6 Å². The molecule has 0 bridgehead atoms. The topological polar surface area (TPSA) is 20.3 Å². The molecule has 0 heterocycles. The van der Waals surface area contributed by atoms with Crippen molar-refractivity contribution in [2.75, 3.05) is 10.8 Å². The fourth-order valence-corrected chi connectivity index (χ4v) is 1.96. The zero-order valence-electron chi connectivity index (χ0n) is 10.2. The van der Waals surface area contributed by atoms with Gasteiger partial charge in [-0.3, -0.25) is 4.79 Å². The molecule has 0 aliphatic carbocycles. The Kier molecular flexibility index (Phi) is 4.53. The molecule has 19 heavy (non-hydrogen) atoms. The van der Waals surface area contributed by atoms with Gasteiger partial charge in [-0.15, -0.1) is 11.6 Å². The lowest BCUT2D eigenvalue weighted by molar-refractivity contribution is -0.116. The van der Waals surface area contributed by atoms with Crippen LogP contribution in [0.2, 0.25) is 0 Å². The van der Waals surface area contributed by atoms with Crippen LogP contribution in [0.5, 0.6) is 0 Å². The number of benzene rings is 2. The number of anilines is 1. The van der Waals surface area contributed by atoms with E-state index < -0.39 is 5.82 Å². The normalized spacial score (nSPS) is 10.2. The van der Waals surface area contributed by atoms with E-state index in [9.17, 15) is 9.18 Å². The molecule has 0 radical (unpaired) electrons. The van der Waals surface area contributed by atoms with Crippen LogP contribution in [0.25, 0.3) is 0 Å². The molecule has 0 aromatic heterocycles. The Labute approximate surface area is 116 Å². The molecule has 2 aromatic carbocycles. The van der Waals surface area contributed by atoms with Gasteiger partial charge >= 0.3 is 0 Å². The second kappa shape index (κ2) is 6.34. The van der Waals surface area contributed by atoms with Crippen LogP contribution in [0, 0.1) is 5.82 Å². The van der Waals surface area contributed by atoms with E-state index in [1.54, 1.807) is 18.2 Å². The number of carbonyl (C=O) groups is 1. The van der Waals surface area contributed by atoms with Crippen molar-refractivity contribution in [1.29, 1.82) is 0 Å². The molecule has 0 fully saturated rings. The lowest BCUT2D eigenvalue weighted by atomic mass is 10.2. The molecule has 0 aliphatic heterocycles. The molecule has 98 valence electrons. The van der Waals surface area contributed by atoms with Crippen LogP contribution in [-0.4, -0.2) is 11.8 Å². The molecule has 0 spiro atoms. The fraction of sp³-hybridized carbons (Fsp3) is 0.133. The predicted octanol–water partition coefficient (Wildman–Crippen LogP) is 3.60. The highest BCUT2D eigenvalue weighted by Crippen LogP contribution is 2.21. The summed E-state index contributed by atoms with van der Waals surface area (Å²) in [5.41, 5.74) is 1.17. The summed E-state index contributed by atoms with van der Waals surface area (Å²) in [7, 11) is 0. The number of hydrogen-bond acceptors (Lipinski definition) is 1. The summed E-state index contributed by atoms with van der Waals surface area (Å²) >= 11 is 5.60. The lowest BCUT2D eigenvalue weighted by Crippen LogP contribution is -2.32. The highest BCUT2D eigenvalue weighted by atomic mass is 35.5. The molecule has 0 atom stereocenters. The zero-order valence-corrected chi connectivity index (χ0v) is 11.0. The Hall–Kier alpha value is -1.87. The van der Waals surface area contributed by atoms with E-state index in [4.69, 9.17) is 11.6 Å². The summed E-state index contributed by atoms with van der Waals surface area (Å²) in [6.45, 7) is 0.299. The van der Waals surface area contributed by atoms with Gasteiger partial charge in [0, 0.05) is 0 Å². The number of halogens is 2. The predicted molar refractivity (Wildman–Crippen MR) is 74.8 cm³/mol. The standard InChI is InChI=1S/C15H13ClFNO/c16-10-15(19)18(11-12-6-2-1-3-7-12)14-9-5-4-8-13(14)17/h1-9H,10-11H2. The SMILES string of the molecule is O=C(CCl)N(Cc1ccccc1)c1ccccc1F. The Balaban J connectivity index is 2.32. The molecule has 2 nitrogen and oxygen atoms in total. The van der Waals surface area contributed by atoms with Crippen molar-refractivity contribution < 1.29 is 9.18 Å². The summed E-state index contributed by atoms with van der Waals surface area (Å²) in [5, 5.41) is 0. The van der Waals surface area contributed by atoms with Crippen LogP contribution in [0.1, 0.15) is 5.56 Å². The van der Waals surface area contributed by atoms with Crippen LogP contribution in [0.4, 0.5) is 10.1 Å². The maximum absolute atomic E-state index is 13.8. The van der Waals surface area contributed by atoms with Gasteiger partial charge in [0.1, 0.15) is 11.7 Å². The number of para-hydroxylation sites is 1. The molecule has 4 heteroatoms. The first-order valence-corrected chi connectivity index (χ1v) is 6.40. The third-order valence-electron chi connectivity index (χ3n) is 2.74. The highest BCUT2D eigenvalue weighted by molar-refractivity contribution is 6.29. The van der Waals surface area contributed by atoms with E-state index in [0.29, 0.717) is 6.54 Å². The van der Waals surface area contributed by atoms with Crippen LogP contribution >= 0.6 is 11.6 Å². The van der Waals surface area contributed by atoms with Crippen LogP contribution in [0.3, 0.4) is 0 Å². The minimum Gasteiger partial charge on any atom is -0.304 e. The van der Waals surface area contributed by atoms with Crippen molar-refractivity contribution in [3.8, 4) is 0 Å². The van der Waals surface area contributed by atoms with Gasteiger partial charge in [-0.25, -0.2) is 4.39 Å². The number of amides is 1. The monoisotopic (exact) mass is 277 g/mol. The second-order valence-electron chi connectivity index (χ2n) is 4.05. The molecule has 1 amide bonds. The third-order valence-corrected chi connectivity index (χ3v) is 2.97. The van der Waals surface area contributed by atoms with Crippen molar-refractivity contribution in [3.05, 3.63) is 66.0 Å². The van der Waals surface area contributed by atoms with Crippen molar-refractivity contribution in [2.45, 2.75) is 6.54 Å². The lowest BCUT2D eigenvalue weighted by Gasteiger charge is -2.22. The smallest absolute Gasteiger partial charge is 0.242 e. The number of hydrogen-bond donors (Lipinski definition) is 0.